The van der Waals surface area contributed by atoms with E-state index in [0.717, 1.165) is 37.9 Å². The zero-order valence-electron chi connectivity index (χ0n) is 17.0. The number of sulfonamides is 1. The van der Waals surface area contributed by atoms with Gasteiger partial charge in [-0.05, 0) is 76.6 Å². The van der Waals surface area contributed by atoms with Gasteiger partial charge in [-0.1, -0.05) is 0 Å². The Hall–Kier alpha value is -2.19. The molecule has 0 radical (unpaired) electrons. The Morgan fingerprint density at radius 1 is 1.17 bits per heavy atom. The summed E-state index contributed by atoms with van der Waals surface area (Å²) in [5.41, 5.74) is 0.777. The highest BCUT2D eigenvalue weighted by Crippen LogP contribution is 2.26. The molecule has 0 spiro atoms. The molecule has 0 amide bonds. The molecule has 1 heterocycles. The summed E-state index contributed by atoms with van der Waals surface area (Å²) in [6.07, 6.45) is 3.58. The molecule has 7 nitrogen and oxygen atoms in total. The fraction of sp³-hybridized carbons (Fsp3) is 0.524. The molecule has 1 aromatic carbocycles. The zero-order chi connectivity index (χ0) is 21.2. The molecule has 0 saturated heterocycles. The molecule has 1 aliphatic rings. The first-order chi connectivity index (χ1) is 13.7. The molecule has 29 heavy (non-hydrogen) atoms. The lowest BCUT2D eigenvalue weighted by molar-refractivity contribution is 0.101. The molecule has 0 aliphatic heterocycles. The van der Waals surface area contributed by atoms with Crippen LogP contribution in [0.4, 0.5) is 5.69 Å². The Morgan fingerprint density at radius 3 is 2.48 bits per heavy atom. The molecule has 1 aromatic heterocycles. The zero-order valence-corrected chi connectivity index (χ0v) is 17.8. The third kappa shape index (κ3) is 5.25. The topological polar surface area (TPSA) is 105 Å². The van der Waals surface area contributed by atoms with Gasteiger partial charge in [-0.2, -0.15) is 0 Å². The number of carbonyl (C=O) groups is 1. The Kier molecular flexibility index (Phi) is 6.43. The molecule has 0 atom stereocenters. The van der Waals surface area contributed by atoms with Gasteiger partial charge in [0.15, 0.2) is 5.78 Å². The highest BCUT2D eigenvalue weighted by molar-refractivity contribution is 7.90. The number of Topliss-reactive ketones (excluding diaryl/α,β-unsaturated/α-hetero) is 1. The van der Waals surface area contributed by atoms with Crippen molar-refractivity contribution in [3.05, 3.63) is 40.2 Å². The van der Waals surface area contributed by atoms with E-state index in [2.05, 4.69) is 10.0 Å². The minimum atomic E-state index is -3.22. The number of carbonyl (C=O) groups excluding carboxylic acids is 1. The molecule has 1 fully saturated rings. The fourth-order valence-electron chi connectivity index (χ4n) is 3.59. The third-order valence-electron chi connectivity index (χ3n) is 5.50. The molecule has 158 valence electrons. The second-order valence-electron chi connectivity index (χ2n) is 8.07. The van der Waals surface area contributed by atoms with Crippen molar-refractivity contribution >= 4 is 32.5 Å². The number of nitrogens with one attached hydrogen (secondary N) is 2. The summed E-state index contributed by atoms with van der Waals surface area (Å²) in [7, 11) is -3.22. The van der Waals surface area contributed by atoms with Gasteiger partial charge in [-0.15, -0.1) is 0 Å². The van der Waals surface area contributed by atoms with Gasteiger partial charge in [0.2, 0.25) is 10.0 Å². The minimum absolute atomic E-state index is 0.0206. The molecule has 3 rings (SSSR count). The fourth-order valence-corrected chi connectivity index (χ4v) is 4.57. The predicted molar refractivity (Wildman–Crippen MR) is 114 cm³/mol. The van der Waals surface area contributed by atoms with Crippen molar-refractivity contribution in [2.24, 2.45) is 5.92 Å². The first-order valence-electron chi connectivity index (χ1n) is 9.99. The number of ketones is 1. The maximum atomic E-state index is 12.0. The molecule has 8 heteroatoms. The van der Waals surface area contributed by atoms with E-state index in [0.29, 0.717) is 16.9 Å². The summed E-state index contributed by atoms with van der Waals surface area (Å²) in [5.74, 6) is 0.149. The summed E-state index contributed by atoms with van der Waals surface area (Å²) in [6, 6.07) is 7.03. The maximum Gasteiger partial charge on any atom is 0.347 e. The highest BCUT2D eigenvalue weighted by atomic mass is 32.2. The van der Waals surface area contributed by atoms with Gasteiger partial charge in [0.1, 0.15) is 11.1 Å². The van der Waals surface area contributed by atoms with Crippen molar-refractivity contribution in [2.45, 2.75) is 57.7 Å². The van der Waals surface area contributed by atoms with Crippen LogP contribution in [0, 0.1) is 5.92 Å². The van der Waals surface area contributed by atoms with Crippen molar-refractivity contribution in [2.75, 3.05) is 11.9 Å². The number of rotatable bonds is 7. The van der Waals surface area contributed by atoms with Crippen molar-refractivity contribution < 1.29 is 17.6 Å². The SMILES string of the molecule is CC(=O)c1cc2cc(NCC3CCC(NS(=O)(=O)C(C)C)CC3)ccc2oc1=O. The van der Waals surface area contributed by atoms with Crippen LogP contribution in [0.15, 0.2) is 33.5 Å². The first kappa shape index (κ1) is 21.5. The molecule has 1 aliphatic carbocycles. The largest absolute Gasteiger partial charge is 0.422 e. The number of fused-ring (bicyclic) bond motifs is 1. The van der Waals surface area contributed by atoms with E-state index in [9.17, 15) is 18.0 Å². The number of hydrogen-bond donors (Lipinski definition) is 2. The van der Waals surface area contributed by atoms with Crippen molar-refractivity contribution in [1.82, 2.24) is 4.72 Å². The Labute approximate surface area is 170 Å². The Balaban J connectivity index is 1.58. The van der Waals surface area contributed by atoms with Crippen LogP contribution in [0.1, 0.15) is 56.8 Å². The Bertz CT molecular complexity index is 1050. The molecular weight excluding hydrogens is 392 g/mol. The second-order valence-corrected chi connectivity index (χ2v) is 10.3. The highest BCUT2D eigenvalue weighted by Gasteiger charge is 2.26. The standard InChI is InChI=1S/C21H28N2O5S/c1-13(2)29(26,27)23-17-6-4-15(5-7-17)12-22-18-8-9-20-16(10-18)11-19(14(3)24)21(25)28-20/h8-11,13,15,17,22-23H,4-7,12H2,1-3H3. The van der Waals surface area contributed by atoms with Gasteiger partial charge in [-0.3, -0.25) is 4.79 Å². The average Bonchev–Trinajstić information content (AvgIpc) is 2.66. The van der Waals surface area contributed by atoms with E-state index >= 15 is 0 Å². The van der Waals surface area contributed by atoms with Crippen LogP contribution >= 0.6 is 0 Å². The summed E-state index contributed by atoms with van der Waals surface area (Å²) in [4.78, 5) is 23.4. The lowest BCUT2D eigenvalue weighted by atomic mass is 9.86. The molecule has 0 unspecified atom stereocenters. The first-order valence-corrected chi connectivity index (χ1v) is 11.5. The molecular formula is C21H28N2O5S. The van der Waals surface area contributed by atoms with E-state index in [-0.39, 0.29) is 17.4 Å². The summed E-state index contributed by atoms with van der Waals surface area (Å²) in [6.45, 7) is 5.50. The smallest absolute Gasteiger partial charge is 0.347 e. The van der Waals surface area contributed by atoms with Crippen molar-refractivity contribution in [1.29, 1.82) is 0 Å². The van der Waals surface area contributed by atoms with Crippen molar-refractivity contribution in [3.63, 3.8) is 0 Å². The van der Waals surface area contributed by atoms with Gasteiger partial charge >= 0.3 is 5.63 Å². The van der Waals surface area contributed by atoms with Crippen LogP contribution in [-0.4, -0.2) is 32.0 Å². The van der Waals surface area contributed by atoms with Crippen LogP contribution in [0.2, 0.25) is 0 Å². The second kappa shape index (κ2) is 8.67. The summed E-state index contributed by atoms with van der Waals surface area (Å²) >= 11 is 0. The third-order valence-corrected chi connectivity index (χ3v) is 7.41. The lowest BCUT2D eigenvalue weighted by Crippen LogP contribution is -2.41. The van der Waals surface area contributed by atoms with Gasteiger partial charge < -0.3 is 9.73 Å². The van der Waals surface area contributed by atoms with Gasteiger partial charge in [0.05, 0.1) is 5.25 Å². The van der Waals surface area contributed by atoms with Gasteiger partial charge in [-0.25, -0.2) is 17.9 Å². The quantitative estimate of drug-likeness (QED) is 0.526. The summed E-state index contributed by atoms with van der Waals surface area (Å²) in [5, 5.41) is 3.69. The normalized spacial score (nSPS) is 20.1. The van der Waals surface area contributed by atoms with E-state index < -0.39 is 20.9 Å². The predicted octanol–water partition coefficient (Wildman–Crippen LogP) is 3.29. The minimum Gasteiger partial charge on any atom is -0.422 e. The van der Waals surface area contributed by atoms with Crippen LogP contribution in [-0.2, 0) is 10.0 Å². The van der Waals surface area contributed by atoms with Crippen molar-refractivity contribution in [3.8, 4) is 0 Å². The van der Waals surface area contributed by atoms with Crippen LogP contribution in [0.25, 0.3) is 11.0 Å². The lowest BCUT2D eigenvalue weighted by Gasteiger charge is -2.29. The van der Waals surface area contributed by atoms with Crippen LogP contribution in [0.3, 0.4) is 0 Å². The monoisotopic (exact) mass is 420 g/mol. The number of hydrogen-bond acceptors (Lipinski definition) is 6. The van der Waals surface area contributed by atoms with E-state index in [1.54, 1.807) is 26.0 Å². The molecule has 0 bridgehead atoms. The number of benzene rings is 1. The van der Waals surface area contributed by atoms with E-state index in [1.165, 1.54) is 6.92 Å². The number of anilines is 1. The van der Waals surface area contributed by atoms with Crippen LogP contribution in [0.5, 0.6) is 0 Å². The van der Waals surface area contributed by atoms with E-state index in [4.69, 9.17) is 4.42 Å². The Morgan fingerprint density at radius 2 is 1.86 bits per heavy atom. The van der Waals surface area contributed by atoms with Crippen LogP contribution < -0.4 is 15.7 Å². The van der Waals surface area contributed by atoms with Gasteiger partial charge in [0.25, 0.3) is 0 Å². The van der Waals surface area contributed by atoms with E-state index in [1.807, 2.05) is 12.1 Å². The average molecular weight is 421 g/mol. The molecule has 2 N–H and O–H groups in total. The molecule has 1 saturated carbocycles. The van der Waals surface area contributed by atoms with Gasteiger partial charge in [0, 0.05) is 23.7 Å². The summed E-state index contributed by atoms with van der Waals surface area (Å²) < 4.78 is 32.1. The maximum absolute atomic E-state index is 12.0. The molecule has 2 aromatic rings.